The van der Waals surface area contributed by atoms with Gasteiger partial charge in [-0.15, -0.1) is 6.58 Å². The molecule has 0 aromatic carbocycles. The maximum atomic E-state index is 5.53. The van der Waals surface area contributed by atoms with E-state index in [1.54, 1.807) is 0 Å². The molecule has 0 fully saturated rings. The van der Waals surface area contributed by atoms with Gasteiger partial charge in [-0.05, 0) is 27.2 Å². The van der Waals surface area contributed by atoms with E-state index in [1.807, 2.05) is 32.9 Å². The zero-order chi connectivity index (χ0) is 8.69. The number of hydrogen-bond acceptors (Lipinski definition) is 1. The summed E-state index contributed by atoms with van der Waals surface area (Å²) in [4.78, 5) is 0. The largest absolute Gasteiger partial charge is 0.371 e. The molecule has 0 bridgehead atoms. The molecule has 0 aromatic heterocycles. The Kier molecular flexibility index (Phi) is 5.86. The molecule has 0 heterocycles. The first-order valence-corrected chi connectivity index (χ1v) is 4.09. The van der Waals surface area contributed by atoms with Gasteiger partial charge in [-0.2, -0.15) is 0 Å². The molecule has 0 aliphatic heterocycles. The Morgan fingerprint density at radius 3 is 2.45 bits per heavy atom. The first-order chi connectivity index (χ1) is 5.20. The maximum absolute atomic E-state index is 5.53. The molecule has 0 aromatic rings. The Labute approximate surface area is 69.8 Å². The van der Waals surface area contributed by atoms with Crippen LogP contribution in [0.1, 0.15) is 27.2 Å². The lowest BCUT2D eigenvalue weighted by atomic mass is 10.2. The Hall–Kier alpha value is -0.560. The summed E-state index contributed by atoms with van der Waals surface area (Å²) in [5.74, 6) is 0. The van der Waals surface area contributed by atoms with Crippen LogP contribution in [-0.2, 0) is 4.74 Å². The van der Waals surface area contributed by atoms with Crippen molar-refractivity contribution in [1.82, 2.24) is 0 Å². The molecule has 1 nitrogen and oxygen atoms in total. The van der Waals surface area contributed by atoms with E-state index in [1.165, 1.54) is 0 Å². The van der Waals surface area contributed by atoms with E-state index in [-0.39, 0.29) is 12.2 Å². The van der Waals surface area contributed by atoms with Crippen LogP contribution in [0.4, 0.5) is 0 Å². The fraction of sp³-hybridized carbons (Fsp3) is 0.600. The summed E-state index contributed by atoms with van der Waals surface area (Å²) >= 11 is 0. The number of rotatable bonds is 5. The van der Waals surface area contributed by atoms with Crippen molar-refractivity contribution in [2.75, 3.05) is 0 Å². The second kappa shape index (κ2) is 6.17. The van der Waals surface area contributed by atoms with Gasteiger partial charge in [0, 0.05) is 0 Å². The smallest absolute Gasteiger partial charge is 0.0791 e. The quantitative estimate of drug-likeness (QED) is 0.553. The highest BCUT2D eigenvalue weighted by atomic mass is 16.5. The van der Waals surface area contributed by atoms with Gasteiger partial charge in [0.2, 0.25) is 0 Å². The molecule has 1 atom stereocenters. The third-order valence-electron chi connectivity index (χ3n) is 1.31. The topological polar surface area (TPSA) is 9.23 Å². The summed E-state index contributed by atoms with van der Waals surface area (Å²) in [6, 6.07) is 0. The summed E-state index contributed by atoms with van der Waals surface area (Å²) in [6.45, 7) is 9.79. The molecule has 0 saturated carbocycles. The van der Waals surface area contributed by atoms with Crippen LogP contribution in [-0.4, -0.2) is 12.2 Å². The lowest BCUT2D eigenvalue weighted by Crippen LogP contribution is -2.14. The van der Waals surface area contributed by atoms with Gasteiger partial charge in [0.05, 0.1) is 12.2 Å². The Morgan fingerprint density at radius 1 is 1.45 bits per heavy atom. The summed E-state index contributed by atoms with van der Waals surface area (Å²) in [5, 5.41) is 0. The predicted molar refractivity (Wildman–Crippen MR) is 49.6 cm³/mol. The molecule has 0 saturated heterocycles. The van der Waals surface area contributed by atoms with Crippen LogP contribution in [0.2, 0.25) is 0 Å². The van der Waals surface area contributed by atoms with Crippen LogP contribution >= 0.6 is 0 Å². The van der Waals surface area contributed by atoms with Crippen LogP contribution < -0.4 is 0 Å². The molecular formula is C10H18O. The van der Waals surface area contributed by atoms with Crippen LogP contribution in [0, 0.1) is 0 Å². The summed E-state index contributed by atoms with van der Waals surface area (Å²) < 4.78 is 5.53. The fourth-order valence-electron chi connectivity index (χ4n) is 0.827. The second-order valence-corrected chi connectivity index (χ2v) is 2.76. The van der Waals surface area contributed by atoms with E-state index in [4.69, 9.17) is 4.74 Å². The van der Waals surface area contributed by atoms with E-state index in [2.05, 4.69) is 12.7 Å². The van der Waals surface area contributed by atoms with Crippen molar-refractivity contribution >= 4 is 0 Å². The average molecular weight is 154 g/mol. The fourth-order valence-corrected chi connectivity index (χ4v) is 0.827. The van der Waals surface area contributed by atoms with Crippen molar-refractivity contribution in [3.8, 4) is 0 Å². The Bertz CT molecular complexity index is 125. The minimum Gasteiger partial charge on any atom is -0.371 e. The lowest BCUT2D eigenvalue weighted by molar-refractivity contribution is 0.0376. The third-order valence-corrected chi connectivity index (χ3v) is 1.31. The molecule has 0 rings (SSSR count). The van der Waals surface area contributed by atoms with Gasteiger partial charge in [-0.1, -0.05) is 18.2 Å². The molecular weight excluding hydrogens is 136 g/mol. The third kappa shape index (κ3) is 5.86. The van der Waals surface area contributed by atoms with Gasteiger partial charge in [-0.25, -0.2) is 0 Å². The first-order valence-electron chi connectivity index (χ1n) is 4.09. The van der Waals surface area contributed by atoms with E-state index in [0.29, 0.717) is 0 Å². The van der Waals surface area contributed by atoms with Crippen molar-refractivity contribution in [2.45, 2.75) is 39.4 Å². The van der Waals surface area contributed by atoms with E-state index in [0.717, 1.165) is 6.42 Å². The summed E-state index contributed by atoms with van der Waals surface area (Å²) in [6.07, 6.45) is 7.35. The van der Waals surface area contributed by atoms with Gasteiger partial charge in [0.15, 0.2) is 0 Å². The highest BCUT2D eigenvalue weighted by molar-refractivity contribution is 4.89. The lowest BCUT2D eigenvalue weighted by Gasteiger charge is -2.14. The van der Waals surface area contributed by atoms with Crippen molar-refractivity contribution in [3.63, 3.8) is 0 Å². The van der Waals surface area contributed by atoms with Crippen molar-refractivity contribution in [2.24, 2.45) is 0 Å². The zero-order valence-corrected chi connectivity index (χ0v) is 7.71. The molecule has 0 N–H and O–H groups in total. The van der Waals surface area contributed by atoms with Crippen LogP contribution in [0.25, 0.3) is 0 Å². The minimum atomic E-state index is 0.172. The highest BCUT2D eigenvalue weighted by Crippen LogP contribution is 2.04. The van der Waals surface area contributed by atoms with Gasteiger partial charge < -0.3 is 4.74 Å². The molecule has 1 heteroatoms. The molecule has 0 amide bonds. The molecule has 64 valence electrons. The summed E-state index contributed by atoms with van der Waals surface area (Å²) in [5.41, 5.74) is 0. The number of ether oxygens (including phenoxy) is 1. The first kappa shape index (κ1) is 10.4. The van der Waals surface area contributed by atoms with Gasteiger partial charge >= 0.3 is 0 Å². The van der Waals surface area contributed by atoms with Crippen LogP contribution in [0.15, 0.2) is 24.8 Å². The Balaban J connectivity index is 3.66. The number of allylic oxidation sites excluding steroid dienone is 1. The average Bonchev–Trinajstić information content (AvgIpc) is 1.97. The molecule has 0 radical (unpaired) electrons. The van der Waals surface area contributed by atoms with Gasteiger partial charge in [0.1, 0.15) is 0 Å². The molecule has 0 aliphatic carbocycles. The second-order valence-electron chi connectivity index (χ2n) is 2.76. The van der Waals surface area contributed by atoms with Crippen LogP contribution in [0.5, 0.6) is 0 Å². The SMILES string of the molecule is C=CC(C/C=C/C)OC(C)C. The van der Waals surface area contributed by atoms with E-state index < -0.39 is 0 Å². The van der Waals surface area contributed by atoms with Crippen molar-refractivity contribution in [3.05, 3.63) is 24.8 Å². The van der Waals surface area contributed by atoms with Crippen molar-refractivity contribution in [1.29, 1.82) is 0 Å². The van der Waals surface area contributed by atoms with Gasteiger partial charge in [-0.3, -0.25) is 0 Å². The minimum absolute atomic E-state index is 0.172. The molecule has 11 heavy (non-hydrogen) atoms. The zero-order valence-electron chi connectivity index (χ0n) is 7.71. The van der Waals surface area contributed by atoms with E-state index in [9.17, 15) is 0 Å². The molecule has 0 aliphatic rings. The summed E-state index contributed by atoms with van der Waals surface area (Å²) in [7, 11) is 0. The van der Waals surface area contributed by atoms with Crippen molar-refractivity contribution < 1.29 is 4.74 Å². The van der Waals surface area contributed by atoms with E-state index >= 15 is 0 Å². The highest BCUT2D eigenvalue weighted by Gasteiger charge is 2.03. The van der Waals surface area contributed by atoms with Crippen LogP contribution in [0.3, 0.4) is 0 Å². The normalized spacial score (nSPS) is 14.2. The monoisotopic (exact) mass is 154 g/mol. The molecule has 1 unspecified atom stereocenters. The van der Waals surface area contributed by atoms with Gasteiger partial charge in [0.25, 0.3) is 0 Å². The Morgan fingerprint density at radius 2 is 2.09 bits per heavy atom. The molecule has 0 spiro atoms. The number of hydrogen-bond donors (Lipinski definition) is 0. The maximum Gasteiger partial charge on any atom is 0.0791 e. The standard InChI is InChI=1S/C10H18O/c1-5-7-8-10(6-2)11-9(3)4/h5-7,9-10H,2,8H2,1,3-4H3/b7-5+. The predicted octanol–water partition coefficient (Wildman–Crippen LogP) is 2.93.